The Kier molecular flexibility index (Phi) is 7.56. The van der Waals surface area contributed by atoms with Gasteiger partial charge in [-0.15, -0.1) is 0 Å². The maximum Gasteiger partial charge on any atom is 0.479 e. The van der Waals surface area contributed by atoms with E-state index in [1.807, 2.05) is 18.4 Å². The van der Waals surface area contributed by atoms with Crippen LogP contribution >= 0.6 is 12.0 Å². The number of nitrogens with zero attached hydrogens (tertiary/aromatic N) is 1. The van der Waals surface area contributed by atoms with Crippen LogP contribution in [0.1, 0.15) is 42.7 Å². The van der Waals surface area contributed by atoms with Crippen LogP contribution in [0.15, 0.2) is 29.2 Å². The monoisotopic (exact) mass is 501 g/mol. The molecule has 0 bridgehead atoms. The van der Waals surface area contributed by atoms with Crippen LogP contribution in [-0.4, -0.2) is 43.5 Å². The first-order valence-electron chi connectivity index (χ1n) is 10.5. The number of carbonyl (C=O) groups excluding carboxylic acids is 1. The van der Waals surface area contributed by atoms with Gasteiger partial charge in [0.2, 0.25) is 0 Å². The summed E-state index contributed by atoms with van der Waals surface area (Å²) in [4.78, 5) is 25.2. The Morgan fingerprint density at radius 1 is 1.18 bits per heavy atom. The zero-order valence-electron chi connectivity index (χ0n) is 19.4. The topological polar surface area (TPSA) is 76.0 Å². The number of methoxy groups -OCH3 is 2. The quantitative estimate of drug-likeness (QED) is 0.372. The van der Waals surface area contributed by atoms with E-state index in [1.54, 1.807) is 14.0 Å². The van der Waals surface area contributed by atoms with Gasteiger partial charge in [-0.1, -0.05) is 13.8 Å². The van der Waals surface area contributed by atoms with E-state index < -0.39 is 34.4 Å². The number of aromatic nitrogens is 1. The van der Waals surface area contributed by atoms with E-state index in [0.29, 0.717) is 29.8 Å². The normalized spacial score (nSPS) is 15.4. The van der Waals surface area contributed by atoms with E-state index in [-0.39, 0.29) is 29.7 Å². The summed E-state index contributed by atoms with van der Waals surface area (Å²) in [6, 6.07) is 4.08. The number of alkyl halides is 3. The predicted molar refractivity (Wildman–Crippen MR) is 121 cm³/mol. The number of hydrogen-bond donors (Lipinski definition) is 0. The summed E-state index contributed by atoms with van der Waals surface area (Å²) >= 11 is -0.627. The highest BCUT2D eigenvalue weighted by Gasteiger charge is 2.38. The van der Waals surface area contributed by atoms with Gasteiger partial charge in [0.15, 0.2) is 29.0 Å². The third-order valence-corrected chi connectivity index (χ3v) is 6.09. The fourth-order valence-electron chi connectivity index (χ4n) is 4.14. The Hall–Kier alpha value is -2.66. The summed E-state index contributed by atoms with van der Waals surface area (Å²) in [5, 5.41) is 0. The lowest BCUT2D eigenvalue weighted by molar-refractivity contribution is -0.0370. The molecule has 1 aliphatic heterocycles. The maximum absolute atomic E-state index is 12.8. The number of pyridine rings is 1. The molecular formula is C23H26F3NO6S. The molecule has 0 radical (unpaired) electrons. The van der Waals surface area contributed by atoms with Gasteiger partial charge in [-0.25, -0.2) is 4.79 Å². The van der Waals surface area contributed by atoms with Crippen molar-refractivity contribution in [1.29, 1.82) is 0 Å². The van der Waals surface area contributed by atoms with Crippen LogP contribution in [0.5, 0.6) is 11.5 Å². The molecule has 3 rings (SSSR count). The molecule has 1 aromatic heterocycles. The summed E-state index contributed by atoms with van der Waals surface area (Å²) in [7, 11) is 2.89. The molecule has 0 aliphatic carbocycles. The third kappa shape index (κ3) is 5.35. The Bertz CT molecular complexity index is 1130. The van der Waals surface area contributed by atoms with E-state index in [4.69, 9.17) is 18.4 Å². The Morgan fingerprint density at radius 2 is 1.88 bits per heavy atom. The molecule has 0 saturated carbocycles. The van der Waals surface area contributed by atoms with Crippen LogP contribution in [0.4, 0.5) is 13.2 Å². The SMILES string of the molecule is CCOC(=O)c1cn2c(cc1=O)-c1cc(OC)c(OSC(F)(F)F)cc1CC2C(C)(C)COC. The first-order chi connectivity index (χ1) is 15.9. The van der Waals surface area contributed by atoms with Gasteiger partial charge >= 0.3 is 11.5 Å². The average Bonchev–Trinajstić information content (AvgIpc) is 2.75. The number of rotatable bonds is 8. The minimum absolute atomic E-state index is 0.0780. The highest BCUT2D eigenvalue weighted by molar-refractivity contribution is 7.95. The summed E-state index contributed by atoms with van der Waals surface area (Å²) in [6.07, 6.45) is 1.87. The third-order valence-electron chi connectivity index (χ3n) is 5.63. The van der Waals surface area contributed by atoms with E-state index in [1.165, 1.54) is 31.5 Å². The van der Waals surface area contributed by atoms with Crippen molar-refractivity contribution in [2.24, 2.45) is 5.41 Å². The molecular weight excluding hydrogens is 475 g/mol. The van der Waals surface area contributed by atoms with Crippen molar-refractivity contribution in [3.63, 3.8) is 0 Å². The van der Waals surface area contributed by atoms with Crippen molar-refractivity contribution < 1.29 is 36.4 Å². The van der Waals surface area contributed by atoms with Gasteiger partial charge in [0.05, 0.1) is 26.0 Å². The van der Waals surface area contributed by atoms with Crippen molar-refractivity contribution in [2.75, 3.05) is 27.4 Å². The first kappa shape index (κ1) is 26.0. The second kappa shape index (κ2) is 9.91. The van der Waals surface area contributed by atoms with Crippen molar-refractivity contribution in [3.05, 3.63) is 45.7 Å². The Morgan fingerprint density at radius 3 is 2.47 bits per heavy atom. The largest absolute Gasteiger partial charge is 0.493 e. The van der Waals surface area contributed by atoms with Crippen LogP contribution in [0.2, 0.25) is 0 Å². The van der Waals surface area contributed by atoms with E-state index in [9.17, 15) is 22.8 Å². The minimum atomic E-state index is -4.59. The molecule has 7 nitrogen and oxygen atoms in total. The van der Waals surface area contributed by atoms with Crippen LogP contribution in [0.25, 0.3) is 11.3 Å². The smallest absolute Gasteiger partial charge is 0.479 e. The number of carbonyl (C=O) groups is 1. The fourth-order valence-corrected chi connectivity index (χ4v) is 4.45. The van der Waals surface area contributed by atoms with Crippen LogP contribution in [-0.2, 0) is 15.9 Å². The number of ether oxygens (including phenoxy) is 3. The summed E-state index contributed by atoms with van der Waals surface area (Å²) < 4.78 is 60.6. The molecule has 0 saturated heterocycles. The molecule has 2 heterocycles. The molecule has 0 N–H and O–H groups in total. The second-order valence-electron chi connectivity index (χ2n) is 8.48. The maximum atomic E-state index is 12.8. The zero-order chi connectivity index (χ0) is 25.3. The van der Waals surface area contributed by atoms with Crippen LogP contribution in [0, 0.1) is 5.41 Å². The van der Waals surface area contributed by atoms with Crippen molar-refractivity contribution in [3.8, 4) is 22.8 Å². The van der Waals surface area contributed by atoms with Crippen LogP contribution < -0.4 is 14.3 Å². The molecule has 0 amide bonds. The molecule has 2 aromatic rings. The molecule has 0 spiro atoms. The number of benzene rings is 1. The molecule has 1 aliphatic rings. The molecule has 0 fully saturated rings. The number of esters is 1. The Balaban J connectivity index is 2.21. The lowest BCUT2D eigenvalue weighted by atomic mass is 9.77. The molecule has 186 valence electrons. The van der Waals surface area contributed by atoms with E-state index in [0.717, 1.165) is 0 Å². The highest BCUT2D eigenvalue weighted by Crippen LogP contribution is 2.47. The standard InChI is InChI=1S/C23H26F3NO6S/c1-6-32-21(29)15-11-27-16(10-17(15)28)14-9-18(31-5)19(33-34-23(24,25)26)7-13(14)8-20(27)22(2,3)12-30-4/h7,9-11,20H,6,8,12H2,1-5H3. The van der Waals surface area contributed by atoms with Gasteiger partial charge in [0, 0.05) is 36.4 Å². The van der Waals surface area contributed by atoms with Crippen LogP contribution in [0.3, 0.4) is 0 Å². The van der Waals surface area contributed by atoms with Gasteiger partial charge < -0.3 is 23.0 Å². The fraction of sp³-hybridized carbons (Fsp3) is 0.478. The molecule has 11 heteroatoms. The second-order valence-corrected chi connectivity index (χ2v) is 9.27. The zero-order valence-corrected chi connectivity index (χ0v) is 20.3. The van der Waals surface area contributed by atoms with Gasteiger partial charge in [0.25, 0.3) is 0 Å². The van der Waals surface area contributed by atoms with Gasteiger partial charge in [0.1, 0.15) is 5.56 Å². The summed E-state index contributed by atoms with van der Waals surface area (Å²) in [6.45, 7) is 6.07. The summed E-state index contributed by atoms with van der Waals surface area (Å²) in [5.74, 6) is -0.716. The predicted octanol–water partition coefficient (Wildman–Crippen LogP) is 5.02. The summed E-state index contributed by atoms with van der Waals surface area (Å²) in [5.41, 5.74) is -3.90. The van der Waals surface area contributed by atoms with Gasteiger partial charge in [-0.05, 0) is 31.0 Å². The molecule has 1 aromatic carbocycles. The lowest BCUT2D eigenvalue weighted by Gasteiger charge is -2.40. The van der Waals surface area contributed by atoms with Gasteiger partial charge in [-0.3, -0.25) is 4.79 Å². The van der Waals surface area contributed by atoms with Gasteiger partial charge in [-0.2, -0.15) is 13.2 Å². The highest BCUT2D eigenvalue weighted by atomic mass is 32.2. The first-order valence-corrected chi connectivity index (χ1v) is 11.2. The van der Waals surface area contributed by atoms with Crippen molar-refractivity contribution in [2.45, 2.75) is 38.7 Å². The number of halogens is 3. The molecule has 1 atom stereocenters. The Labute approximate surface area is 199 Å². The molecule has 34 heavy (non-hydrogen) atoms. The van der Waals surface area contributed by atoms with E-state index in [2.05, 4.69) is 0 Å². The molecule has 1 unspecified atom stereocenters. The number of fused-ring (bicyclic) bond motifs is 3. The lowest BCUT2D eigenvalue weighted by Crippen LogP contribution is -2.37. The average molecular weight is 502 g/mol. The van der Waals surface area contributed by atoms with Crippen molar-refractivity contribution >= 4 is 18.0 Å². The number of hydrogen-bond acceptors (Lipinski definition) is 7. The van der Waals surface area contributed by atoms with E-state index >= 15 is 0 Å². The van der Waals surface area contributed by atoms with Crippen molar-refractivity contribution in [1.82, 2.24) is 4.57 Å². The minimum Gasteiger partial charge on any atom is -0.493 e.